The Balaban J connectivity index is 2.28. The van der Waals surface area contributed by atoms with E-state index in [2.05, 4.69) is 21.2 Å². The van der Waals surface area contributed by atoms with Gasteiger partial charge in [0, 0.05) is 10.0 Å². The van der Waals surface area contributed by atoms with Crippen molar-refractivity contribution in [2.24, 2.45) is 0 Å². The van der Waals surface area contributed by atoms with Gasteiger partial charge in [0.05, 0.1) is 26.4 Å². The van der Waals surface area contributed by atoms with Gasteiger partial charge in [0.2, 0.25) is 0 Å². The summed E-state index contributed by atoms with van der Waals surface area (Å²) in [7, 11) is 0. The second-order valence-corrected chi connectivity index (χ2v) is 6.05. The molecular weight excluding hydrogens is 386 g/mol. The molecule has 0 spiro atoms. The first kappa shape index (κ1) is 15.4. The summed E-state index contributed by atoms with van der Waals surface area (Å²) in [4.78, 5) is 12.1. The number of nitrogens with two attached hydrogens (primary N) is 1. The first-order valence-electron chi connectivity index (χ1n) is 5.39. The van der Waals surface area contributed by atoms with Gasteiger partial charge < -0.3 is 11.1 Å². The van der Waals surface area contributed by atoms with Crippen molar-refractivity contribution in [1.82, 2.24) is 0 Å². The van der Waals surface area contributed by atoms with Crippen LogP contribution in [0.5, 0.6) is 0 Å². The van der Waals surface area contributed by atoms with Crippen molar-refractivity contribution in [2.75, 3.05) is 11.1 Å². The molecule has 0 unspecified atom stereocenters. The SMILES string of the molecule is Nc1cc(C(=O)Nc2ccc(Br)cc2Cl)cc(Cl)c1Cl. The summed E-state index contributed by atoms with van der Waals surface area (Å²) < 4.78 is 0.819. The van der Waals surface area contributed by atoms with Crippen LogP contribution in [0.15, 0.2) is 34.8 Å². The van der Waals surface area contributed by atoms with Gasteiger partial charge in [-0.3, -0.25) is 4.79 Å². The molecule has 1 amide bonds. The largest absolute Gasteiger partial charge is 0.397 e. The van der Waals surface area contributed by atoms with E-state index < -0.39 is 0 Å². The first-order valence-corrected chi connectivity index (χ1v) is 7.32. The zero-order chi connectivity index (χ0) is 14.9. The van der Waals surface area contributed by atoms with Crippen LogP contribution in [-0.4, -0.2) is 5.91 Å². The summed E-state index contributed by atoms with van der Waals surface area (Å²) in [6.45, 7) is 0. The van der Waals surface area contributed by atoms with E-state index >= 15 is 0 Å². The van der Waals surface area contributed by atoms with Crippen molar-refractivity contribution < 1.29 is 4.79 Å². The van der Waals surface area contributed by atoms with E-state index in [0.29, 0.717) is 16.3 Å². The fourth-order valence-corrected chi connectivity index (χ4v) is 2.58. The van der Waals surface area contributed by atoms with E-state index in [4.69, 9.17) is 40.5 Å². The van der Waals surface area contributed by atoms with Gasteiger partial charge in [-0.05, 0) is 30.3 Å². The lowest BCUT2D eigenvalue weighted by Crippen LogP contribution is -2.12. The van der Waals surface area contributed by atoms with Crippen LogP contribution >= 0.6 is 50.7 Å². The zero-order valence-electron chi connectivity index (χ0n) is 9.88. The van der Waals surface area contributed by atoms with E-state index in [1.807, 2.05) is 0 Å². The molecule has 0 fully saturated rings. The Morgan fingerprint density at radius 1 is 1.10 bits per heavy atom. The Labute approximate surface area is 139 Å². The van der Waals surface area contributed by atoms with Crippen LogP contribution in [0.25, 0.3) is 0 Å². The number of amides is 1. The van der Waals surface area contributed by atoms with Crippen LogP contribution in [0, 0.1) is 0 Å². The molecule has 3 N–H and O–H groups in total. The number of nitrogen functional groups attached to an aromatic ring is 1. The summed E-state index contributed by atoms with van der Waals surface area (Å²) in [5, 5.41) is 3.54. The lowest BCUT2D eigenvalue weighted by atomic mass is 10.2. The smallest absolute Gasteiger partial charge is 0.255 e. The summed E-state index contributed by atoms with van der Waals surface area (Å²) in [5.74, 6) is -0.375. The summed E-state index contributed by atoms with van der Waals surface area (Å²) in [6.07, 6.45) is 0. The molecule has 2 aromatic rings. The maximum absolute atomic E-state index is 12.1. The van der Waals surface area contributed by atoms with Crippen molar-refractivity contribution in [3.8, 4) is 0 Å². The molecule has 2 rings (SSSR count). The molecule has 2 aromatic carbocycles. The standard InChI is InChI=1S/C13H8BrCl3N2O/c14-7-1-2-11(8(15)5-7)19-13(20)6-3-9(16)12(17)10(18)4-6/h1-5H,18H2,(H,19,20). The highest BCUT2D eigenvalue weighted by Gasteiger charge is 2.13. The monoisotopic (exact) mass is 392 g/mol. The third-order valence-corrected chi connectivity index (χ3v) is 4.12. The fraction of sp³-hybridized carbons (Fsp3) is 0. The van der Waals surface area contributed by atoms with Crippen molar-refractivity contribution in [3.05, 3.63) is 55.4 Å². The van der Waals surface area contributed by atoms with Crippen LogP contribution in [0.3, 0.4) is 0 Å². The first-order chi connectivity index (χ1) is 9.38. The molecule has 0 aliphatic carbocycles. The van der Waals surface area contributed by atoms with E-state index in [9.17, 15) is 4.79 Å². The maximum Gasteiger partial charge on any atom is 0.255 e. The van der Waals surface area contributed by atoms with Crippen molar-refractivity contribution in [2.45, 2.75) is 0 Å². The predicted octanol–water partition coefficient (Wildman–Crippen LogP) is 5.24. The van der Waals surface area contributed by atoms with Crippen LogP contribution in [0.1, 0.15) is 10.4 Å². The number of hydrogen-bond donors (Lipinski definition) is 2. The molecule has 0 aromatic heterocycles. The van der Waals surface area contributed by atoms with Gasteiger partial charge in [-0.1, -0.05) is 50.7 Å². The van der Waals surface area contributed by atoms with Crippen LogP contribution in [0.2, 0.25) is 15.1 Å². The third kappa shape index (κ3) is 3.38. The average Bonchev–Trinajstić information content (AvgIpc) is 2.38. The molecule has 0 atom stereocenters. The molecule has 0 saturated carbocycles. The number of carbonyl (C=O) groups excluding carboxylic acids is 1. The second kappa shape index (κ2) is 6.22. The lowest BCUT2D eigenvalue weighted by Gasteiger charge is -2.09. The topological polar surface area (TPSA) is 55.1 Å². The quantitative estimate of drug-likeness (QED) is 0.684. The number of benzene rings is 2. The Kier molecular flexibility index (Phi) is 4.81. The minimum absolute atomic E-state index is 0.221. The predicted molar refractivity (Wildman–Crippen MR) is 88.0 cm³/mol. The Morgan fingerprint density at radius 3 is 2.40 bits per heavy atom. The molecule has 0 heterocycles. The summed E-state index contributed by atoms with van der Waals surface area (Å²) in [5.41, 5.74) is 6.71. The van der Waals surface area contributed by atoms with Crippen LogP contribution < -0.4 is 11.1 Å². The van der Waals surface area contributed by atoms with E-state index in [-0.39, 0.29) is 21.6 Å². The third-order valence-electron chi connectivity index (χ3n) is 2.50. The lowest BCUT2D eigenvalue weighted by molar-refractivity contribution is 0.102. The van der Waals surface area contributed by atoms with Crippen molar-refractivity contribution in [3.63, 3.8) is 0 Å². The van der Waals surface area contributed by atoms with Gasteiger partial charge in [-0.15, -0.1) is 0 Å². The Bertz CT molecular complexity index is 668. The number of hydrogen-bond acceptors (Lipinski definition) is 2. The Hall–Kier alpha value is -0.940. The molecular formula is C13H8BrCl3N2O. The minimum atomic E-state index is -0.375. The highest BCUT2D eigenvalue weighted by Crippen LogP contribution is 2.30. The Morgan fingerprint density at radius 2 is 1.80 bits per heavy atom. The van der Waals surface area contributed by atoms with E-state index in [1.165, 1.54) is 12.1 Å². The highest BCUT2D eigenvalue weighted by atomic mass is 79.9. The molecule has 0 radical (unpaired) electrons. The van der Waals surface area contributed by atoms with Gasteiger partial charge in [0.15, 0.2) is 0 Å². The molecule has 3 nitrogen and oxygen atoms in total. The molecule has 0 aliphatic heterocycles. The molecule has 104 valence electrons. The normalized spacial score (nSPS) is 10.4. The number of nitrogens with one attached hydrogen (secondary N) is 1. The number of anilines is 2. The van der Waals surface area contributed by atoms with Crippen LogP contribution in [0.4, 0.5) is 11.4 Å². The second-order valence-electron chi connectivity index (χ2n) is 3.94. The maximum atomic E-state index is 12.1. The van der Waals surface area contributed by atoms with Gasteiger partial charge in [0.1, 0.15) is 0 Å². The zero-order valence-corrected chi connectivity index (χ0v) is 13.7. The average molecular weight is 394 g/mol. The van der Waals surface area contributed by atoms with E-state index in [1.54, 1.807) is 18.2 Å². The van der Waals surface area contributed by atoms with Crippen LogP contribution in [-0.2, 0) is 0 Å². The molecule has 7 heteroatoms. The number of carbonyl (C=O) groups is 1. The molecule has 20 heavy (non-hydrogen) atoms. The highest BCUT2D eigenvalue weighted by molar-refractivity contribution is 9.10. The fourth-order valence-electron chi connectivity index (χ4n) is 1.53. The summed E-state index contributed by atoms with van der Waals surface area (Å²) >= 11 is 21.1. The van der Waals surface area contributed by atoms with Crippen molar-refractivity contribution in [1.29, 1.82) is 0 Å². The van der Waals surface area contributed by atoms with Gasteiger partial charge in [-0.25, -0.2) is 0 Å². The van der Waals surface area contributed by atoms with E-state index in [0.717, 1.165) is 4.47 Å². The summed E-state index contributed by atoms with van der Waals surface area (Å²) in [6, 6.07) is 8.04. The molecule has 0 aliphatic rings. The molecule has 0 saturated heterocycles. The number of halogens is 4. The minimum Gasteiger partial charge on any atom is -0.397 e. The molecule has 0 bridgehead atoms. The van der Waals surface area contributed by atoms with Gasteiger partial charge in [-0.2, -0.15) is 0 Å². The van der Waals surface area contributed by atoms with Gasteiger partial charge in [0.25, 0.3) is 5.91 Å². The van der Waals surface area contributed by atoms with Crippen molar-refractivity contribution >= 4 is 68.0 Å². The number of rotatable bonds is 2. The van der Waals surface area contributed by atoms with Gasteiger partial charge >= 0.3 is 0 Å².